The van der Waals surface area contributed by atoms with E-state index in [-0.39, 0.29) is 17.4 Å². The van der Waals surface area contributed by atoms with Crippen LogP contribution in [0.5, 0.6) is 0 Å². The highest BCUT2D eigenvalue weighted by Gasteiger charge is 2.62. The zero-order chi connectivity index (χ0) is 14.0. The second-order valence-corrected chi connectivity index (χ2v) is 6.28. The Labute approximate surface area is 111 Å². The van der Waals surface area contributed by atoms with Crippen molar-refractivity contribution in [3.8, 4) is 0 Å². The molecule has 0 aliphatic heterocycles. The largest absolute Gasteiger partial charge is 0.378 e. The Morgan fingerprint density at radius 1 is 1.50 bits per heavy atom. The summed E-state index contributed by atoms with van der Waals surface area (Å²) in [5.74, 6) is 0.550. The van der Waals surface area contributed by atoms with E-state index in [0.717, 1.165) is 6.42 Å². The first-order valence-corrected chi connectivity index (χ1v) is 6.94. The lowest BCUT2D eigenvalue weighted by molar-refractivity contribution is -0.170. The van der Waals surface area contributed by atoms with Gasteiger partial charge in [0.25, 0.3) is 0 Å². The fourth-order valence-electron chi connectivity index (χ4n) is 2.45. The van der Waals surface area contributed by atoms with E-state index in [1.807, 2.05) is 20.8 Å². The highest BCUT2D eigenvalue weighted by Crippen LogP contribution is 2.49. The Bertz CT molecular complexity index is 302. The normalized spacial score (nSPS) is 30.1. The lowest BCUT2D eigenvalue weighted by Gasteiger charge is -2.57. The van der Waals surface area contributed by atoms with Gasteiger partial charge in [-0.15, -0.1) is 0 Å². The van der Waals surface area contributed by atoms with Crippen molar-refractivity contribution in [2.75, 3.05) is 13.2 Å². The second-order valence-electron chi connectivity index (χ2n) is 6.28. The highest BCUT2D eigenvalue weighted by atomic mass is 16.5. The molecule has 4 nitrogen and oxygen atoms in total. The SMILES string of the molecule is CCOC1CC(N)(C(=O)NCCC(C)C)C1(C)C. The van der Waals surface area contributed by atoms with Crippen LogP contribution in [0.25, 0.3) is 0 Å². The van der Waals surface area contributed by atoms with Gasteiger partial charge >= 0.3 is 0 Å². The van der Waals surface area contributed by atoms with Gasteiger partial charge in [-0.25, -0.2) is 0 Å². The molecule has 1 fully saturated rings. The molecule has 106 valence electrons. The van der Waals surface area contributed by atoms with E-state index < -0.39 is 5.54 Å². The van der Waals surface area contributed by atoms with Crippen molar-refractivity contribution < 1.29 is 9.53 Å². The Morgan fingerprint density at radius 3 is 2.56 bits per heavy atom. The van der Waals surface area contributed by atoms with Gasteiger partial charge in [-0.3, -0.25) is 4.79 Å². The Morgan fingerprint density at radius 2 is 2.11 bits per heavy atom. The number of amides is 1. The van der Waals surface area contributed by atoms with Crippen molar-refractivity contribution in [2.45, 2.75) is 59.1 Å². The minimum Gasteiger partial charge on any atom is -0.378 e. The van der Waals surface area contributed by atoms with E-state index in [9.17, 15) is 4.79 Å². The van der Waals surface area contributed by atoms with Gasteiger partial charge in [0.15, 0.2) is 0 Å². The lowest BCUT2D eigenvalue weighted by atomic mass is 9.54. The number of hydrogen-bond acceptors (Lipinski definition) is 3. The zero-order valence-corrected chi connectivity index (χ0v) is 12.4. The third-order valence-corrected chi connectivity index (χ3v) is 4.24. The van der Waals surface area contributed by atoms with Gasteiger partial charge in [0.1, 0.15) is 5.54 Å². The predicted octanol–water partition coefficient (Wildman–Crippen LogP) is 1.68. The van der Waals surface area contributed by atoms with Crippen LogP contribution in [0.15, 0.2) is 0 Å². The summed E-state index contributed by atoms with van der Waals surface area (Å²) in [7, 11) is 0. The molecule has 3 N–H and O–H groups in total. The molecule has 1 amide bonds. The molecule has 2 atom stereocenters. The Balaban J connectivity index is 2.53. The molecule has 0 saturated heterocycles. The average Bonchev–Trinajstić information content (AvgIpc) is 2.27. The van der Waals surface area contributed by atoms with Crippen LogP contribution in [0, 0.1) is 11.3 Å². The van der Waals surface area contributed by atoms with Crippen LogP contribution in [0.1, 0.15) is 47.5 Å². The summed E-state index contributed by atoms with van der Waals surface area (Å²) in [6, 6.07) is 0. The van der Waals surface area contributed by atoms with Crippen molar-refractivity contribution in [3.05, 3.63) is 0 Å². The third kappa shape index (κ3) is 2.69. The molecule has 0 heterocycles. The number of carbonyl (C=O) groups is 1. The number of hydrogen-bond donors (Lipinski definition) is 2. The van der Waals surface area contributed by atoms with E-state index in [1.165, 1.54) is 0 Å². The Kier molecular flexibility index (Phi) is 4.78. The fourth-order valence-corrected chi connectivity index (χ4v) is 2.45. The van der Waals surface area contributed by atoms with Crippen molar-refractivity contribution in [3.63, 3.8) is 0 Å². The monoisotopic (exact) mass is 256 g/mol. The van der Waals surface area contributed by atoms with E-state index >= 15 is 0 Å². The van der Waals surface area contributed by atoms with Crippen LogP contribution in [0.4, 0.5) is 0 Å². The van der Waals surface area contributed by atoms with Crippen LogP contribution in [0.3, 0.4) is 0 Å². The van der Waals surface area contributed by atoms with Crippen LogP contribution < -0.4 is 11.1 Å². The molecule has 2 unspecified atom stereocenters. The number of carbonyl (C=O) groups excluding carboxylic acids is 1. The molecule has 1 rings (SSSR count). The Hall–Kier alpha value is -0.610. The van der Waals surface area contributed by atoms with Gasteiger partial charge in [-0.2, -0.15) is 0 Å². The number of nitrogens with two attached hydrogens (primary N) is 1. The molecule has 1 saturated carbocycles. The minimum atomic E-state index is -0.788. The molecule has 18 heavy (non-hydrogen) atoms. The van der Waals surface area contributed by atoms with Crippen LogP contribution >= 0.6 is 0 Å². The summed E-state index contributed by atoms with van der Waals surface area (Å²) in [5.41, 5.74) is 5.18. The van der Waals surface area contributed by atoms with Gasteiger partial charge < -0.3 is 15.8 Å². The van der Waals surface area contributed by atoms with Gasteiger partial charge in [0.2, 0.25) is 5.91 Å². The topological polar surface area (TPSA) is 64.3 Å². The molecule has 4 heteroatoms. The summed E-state index contributed by atoms with van der Waals surface area (Å²) in [6.07, 6.45) is 1.68. The van der Waals surface area contributed by atoms with Crippen LogP contribution in [-0.2, 0) is 9.53 Å². The summed E-state index contributed by atoms with van der Waals surface area (Å²) in [5, 5.41) is 2.96. The van der Waals surface area contributed by atoms with Gasteiger partial charge in [0, 0.05) is 25.0 Å². The number of nitrogens with one attached hydrogen (secondary N) is 1. The van der Waals surface area contributed by atoms with Crippen molar-refractivity contribution in [1.82, 2.24) is 5.32 Å². The summed E-state index contributed by atoms with van der Waals surface area (Å²) >= 11 is 0. The van der Waals surface area contributed by atoms with Crippen LogP contribution in [0.2, 0.25) is 0 Å². The second kappa shape index (κ2) is 5.57. The molecular weight excluding hydrogens is 228 g/mol. The van der Waals surface area contributed by atoms with E-state index in [4.69, 9.17) is 10.5 Å². The first kappa shape index (κ1) is 15.4. The molecule has 0 radical (unpaired) electrons. The van der Waals surface area contributed by atoms with Gasteiger partial charge in [-0.1, -0.05) is 27.7 Å². The maximum Gasteiger partial charge on any atom is 0.240 e. The van der Waals surface area contributed by atoms with Crippen LogP contribution in [-0.4, -0.2) is 30.7 Å². The molecule has 0 aromatic carbocycles. The van der Waals surface area contributed by atoms with Gasteiger partial charge in [0.05, 0.1) is 6.10 Å². The smallest absolute Gasteiger partial charge is 0.240 e. The number of rotatable bonds is 6. The molecular formula is C14H28N2O2. The molecule has 0 aromatic rings. The minimum absolute atomic E-state index is 0.0379. The number of ether oxygens (including phenoxy) is 1. The third-order valence-electron chi connectivity index (χ3n) is 4.24. The first-order valence-electron chi connectivity index (χ1n) is 6.94. The maximum absolute atomic E-state index is 12.2. The van der Waals surface area contributed by atoms with Crippen molar-refractivity contribution in [1.29, 1.82) is 0 Å². The highest BCUT2D eigenvalue weighted by molar-refractivity contribution is 5.88. The molecule has 1 aliphatic rings. The van der Waals surface area contributed by atoms with Gasteiger partial charge in [-0.05, 0) is 19.3 Å². The van der Waals surface area contributed by atoms with Crippen molar-refractivity contribution in [2.24, 2.45) is 17.1 Å². The first-order chi connectivity index (χ1) is 8.25. The quantitative estimate of drug-likeness (QED) is 0.760. The predicted molar refractivity (Wildman–Crippen MR) is 73.2 cm³/mol. The van der Waals surface area contributed by atoms with Crippen molar-refractivity contribution >= 4 is 5.91 Å². The zero-order valence-electron chi connectivity index (χ0n) is 12.4. The summed E-state index contributed by atoms with van der Waals surface area (Å²) in [6.45, 7) is 11.6. The molecule has 0 aromatic heterocycles. The van der Waals surface area contributed by atoms with E-state index in [1.54, 1.807) is 0 Å². The summed E-state index contributed by atoms with van der Waals surface area (Å²) in [4.78, 5) is 12.2. The lowest BCUT2D eigenvalue weighted by Crippen LogP contribution is -2.75. The summed E-state index contributed by atoms with van der Waals surface area (Å²) < 4.78 is 5.62. The van der Waals surface area contributed by atoms with E-state index in [2.05, 4.69) is 19.2 Å². The molecule has 0 bridgehead atoms. The standard InChI is InChI=1S/C14H28N2O2/c1-6-18-11-9-14(15,13(11,4)5)12(17)16-8-7-10(2)3/h10-11H,6-9,15H2,1-5H3,(H,16,17). The molecule has 1 aliphatic carbocycles. The average molecular weight is 256 g/mol. The molecule has 0 spiro atoms. The van der Waals surface area contributed by atoms with E-state index in [0.29, 0.717) is 25.5 Å². The maximum atomic E-state index is 12.2. The fraction of sp³-hybridized carbons (Fsp3) is 0.929.